The van der Waals surface area contributed by atoms with Crippen molar-refractivity contribution in [2.75, 3.05) is 26.2 Å². The highest BCUT2D eigenvalue weighted by molar-refractivity contribution is 7.89. The van der Waals surface area contributed by atoms with E-state index in [1.54, 1.807) is 26.8 Å². The van der Waals surface area contributed by atoms with Gasteiger partial charge in [0, 0.05) is 38.4 Å². The average Bonchev–Trinajstić information content (AvgIpc) is 2.73. The van der Waals surface area contributed by atoms with Crippen LogP contribution >= 0.6 is 0 Å². The topological polar surface area (TPSA) is 89.0 Å². The number of sulfonamides is 1. The molecule has 33 heavy (non-hydrogen) atoms. The third-order valence-electron chi connectivity index (χ3n) is 4.68. The predicted octanol–water partition coefficient (Wildman–Crippen LogP) is 4.76. The second kappa shape index (κ2) is 11.0. The van der Waals surface area contributed by atoms with Crippen molar-refractivity contribution in [3.63, 3.8) is 0 Å². The summed E-state index contributed by atoms with van der Waals surface area (Å²) in [6.07, 6.45) is 2.36. The van der Waals surface area contributed by atoms with Crippen LogP contribution in [-0.2, 0) is 14.8 Å². The van der Waals surface area contributed by atoms with Crippen LogP contribution in [0.2, 0.25) is 0 Å². The van der Waals surface area contributed by atoms with Crippen LogP contribution in [0.1, 0.15) is 45.7 Å². The van der Waals surface area contributed by atoms with E-state index in [2.05, 4.69) is 4.98 Å². The first-order valence-electron chi connectivity index (χ1n) is 11.1. The molecule has 8 nitrogen and oxygen atoms in total. The zero-order valence-corrected chi connectivity index (χ0v) is 21.4. The Morgan fingerprint density at radius 1 is 1.00 bits per heavy atom. The van der Waals surface area contributed by atoms with Crippen molar-refractivity contribution in [3.8, 4) is 11.5 Å². The van der Waals surface area contributed by atoms with E-state index >= 15 is 0 Å². The van der Waals surface area contributed by atoms with Crippen molar-refractivity contribution in [1.29, 1.82) is 0 Å². The molecule has 182 valence electrons. The Kier molecular flexibility index (Phi) is 8.85. The second-order valence-corrected chi connectivity index (χ2v) is 10.5. The standard InChI is InChI=1S/C22H29N3O5S.C2H6/c1-16-12-17(2)14-18(13-16)29-19-6-7-23-15-20(19)31(27,28)25-10-8-24(9-11-25)21(26)30-22(3,4)5;1-2/h6-7,12-15H,8-11H2,1-5H3;1-2H3. The molecule has 3 rings (SSSR count). The summed E-state index contributed by atoms with van der Waals surface area (Å²) in [5.74, 6) is 0.782. The van der Waals surface area contributed by atoms with Gasteiger partial charge >= 0.3 is 6.09 Å². The lowest BCUT2D eigenvalue weighted by atomic mass is 10.1. The number of carbonyl (C=O) groups is 1. The van der Waals surface area contributed by atoms with Crippen LogP contribution in [0.25, 0.3) is 0 Å². The first kappa shape index (κ1) is 26.6. The highest BCUT2D eigenvalue weighted by Gasteiger charge is 2.33. The lowest BCUT2D eigenvalue weighted by Gasteiger charge is -2.35. The Labute approximate surface area is 197 Å². The van der Waals surface area contributed by atoms with Gasteiger partial charge in [-0.15, -0.1) is 0 Å². The molecule has 0 radical (unpaired) electrons. The largest absolute Gasteiger partial charge is 0.456 e. The lowest BCUT2D eigenvalue weighted by molar-refractivity contribution is 0.0192. The summed E-state index contributed by atoms with van der Waals surface area (Å²) < 4.78 is 39.3. The first-order chi connectivity index (χ1) is 15.5. The van der Waals surface area contributed by atoms with Crippen LogP contribution in [0.5, 0.6) is 11.5 Å². The van der Waals surface area contributed by atoms with E-state index in [9.17, 15) is 13.2 Å². The molecule has 0 atom stereocenters. The van der Waals surface area contributed by atoms with Crippen LogP contribution < -0.4 is 4.74 Å². The monoisotopic (exact) mass is 477 g/mol. The van der Waals surface area contributed by atoms with Gasteiger partial charge in [0.1, 0.15) is 16.2 Å². The molecule has 0 N–H and O–H groups in total. The normalized spacial score (nSPS) is 14.8. The van der Waals surface area contributed by atoms with Crippen LogP contribution in [0.4, 0.5) is 4.79 Å². The van der Waals surface area contributed by atoms with Crippen LogP contribution in [0, 0.1) is 13.8 Å². The Balaban J connectivity index is 0.00000187. The number of benzene rings is 1. The van der Waals surface area contributed by atoms with Crippen molar-refractivity contribution in [1.82, 2.24) is 14.2 Å². The molecule has 0 saturated carbocycles. The summed E-state index contributed by atoms with van der Waals surface area (Å²) >= 11 is 0. The molecule has 1 fully saturated rings. The van der Waals surface area contributed by atoms with Gasteiger partial charge in [-0.2, -0.15) is 4.31 Å². The van der Waals surface area contributed by atoms with Crippen LogP contribution in [-0.4, -0.2) is 60.5 Å². The number of ether oxygens (including phenoxy) is 2. The minimum atomic E-state index is -3.85. The fourth-order valence-electron chi connectivity index (χ4n) is 3.34. The first-order valence-corrected chi connectivity index (χ1v) is 12.6. The molecular weight excluding hydrogens is 442 g/mol. The minimum absolute atomic E-state index is 0.000114. The lowest BCUT2D eigenvalue weighted by Crippen LogP contribution is -2.51. The van der Waals surface area contributed by atoms with Gasteiger partial charge in [0.25, 0.3) is 0 Å². The molecule has 2 aromatic rings. The van der Waals surface area contributed by atoms with Crippen LogP contribution in [0.3, 0.4) is 0 Å². The smallest absolute Gasteiger partial charge is 0.410 e. The number of piperazine rings is 1. The quantitative estimate of drug-likeness (QED) is 0.631. The zero-order chi connectivity index (χ0) is 24.8. The molecule has 1 saturated heterocycles. The van der Waals surface area contributed by atoms with Crippen molar-refractivity contribution < 1.29 is 22.7 Å². The third kappa shape index (κ3) is 7.17. The zero-order valence-electron chi connectivity index (χ0n) is 20.6. The number of aromatic nitrogens is 1. The Morgan fingerprint density at radius 2 is 1.58 bits per heavy atom. The van der Waals surface area contributed by atoms with E-state index in [1.807, 2.05) is 45.9 Å². The molecule has 9 heteroatoms. The van der Waals surface area contributed by atoms with Crippen molar-refractivity contribution in [3.05, 3.63) is 47.8 Å². The summed E-state index contributed by atoms with van der Waals surface area (Å²) in [6, 6.07) is 7.26. The van der Waals surface area contributed by atoms with Gasteiger partial charge in [-0.1, -0.05) is 19.9 Å². The van der Waals surface area contributed by atoms with Gasteiger partial charge in [-0.05, 0) is 57.9 Å². The highest BCUT2D eigenvalue weighted by Crippen LogP contribution is 2.31. The molecule has 0 unspecified atom stereocenters. The summed E-state index contributed by atoms with van der Waals surface area (Å²) in [5.41, 5.74) is 1.44. The predicted molar refractivity (Wildman–Crippen MR) is 128 cm³/mol. The summed E-state index contributed by atoms with van der Waals surface area (Å²) in [4.78, 5) is 17.8. The van der Waals surface area contributed by atoms with Crippen molar-refractivity contribution >= 4 is 16.1 Å². The number of pyridine rings is 1. The Morgan fingerprint density at radius 3 is 2.12 bits per heavy atom. The van der Waals surface area contributed by atoms with E-state index in [4.69, 9.17) is 9.47 Å². The fraction of sp³-hybridized carbons (Fsp3) is 0.500. The maximum absolute atomic E-state index is 13.3. The molecule has 1 amide bonds. The summed E-state index contributed by atoms with van der Waals surface area (Å²) in [6.45, 7) is 14.1. The molecule has 1 aromatic carbocycles. The number of amides is 1. The van der Waals surface area contributed by atoms with Crippen molar-refractivity contribution in [2.24, 2.45) is 0 Å². The second-order valence-electron chi connectivity index (χ2n) is 8.62. The van der Waals surface area contributed by atoms with Gasteiger partial charge in [-0.3, -0.25) is 4.98 Å². The van der Waals surface area contributed by atoms with E-state index < -0.39 is 21.7 Å². The maximum atomic E-state index is 13.3. The van der Waals surface area contributed by atoms with Crippen molar-refractivity contribution in [2.45, 2.75) is 59.0 Å². The molecule has 1 aromatic heterocycles. The number of aryl methyl sites for hydroxylation is 2. The Hall–Kier alpha value is -2.65. The molecule has 1 aliphatic heterocycles. The molecule has 0 spiro atoms. The number of carbonyl (C=O) groups excluding carboxylic acids is 1. The SMILES string of the molecule is CC.Cc1cc(C)cc(Oc2ccncc2S(=O)(=O)N2CCN(C(=O)OC(C)(C)C)CC2)c1. The number of hydrogen-bond acceptors (Lipinski definition) is 6. The van der Waals surface area contributed by atoms with E-state index in [0.29, 0.717) is 5.75 Å². The van der Waals surface area contributed by atoms with Gasteiger partial charge in [0.15, 0.2) is 5.75 Å². The van der Waals surface area contributed by atoms with Gasteiger partial charge in [-0.25, -0.2) is 13.2 Å². The molecule has 1 aliphatic rings. The highest BCUT2D eigenvalue weighted by atomic mass is 32.2. The number of rotatable bonds is 4. The van der Waals surface area contributed by atoms with Gasteiger partial charge in [0.05, 0.1) is 6.20 Å². The number of nitrogens with zero attached hydrogens (tertiary/aromatic N) is 3. The third-order valence-corrected chi connectivity index (χ3v) is 6.59. The molecule has 0 aliphatic carbocycles. The summed E-state index contributed by atoms with van der Waals surface area (Å²) in [5, 5.41) is 0. The Bertz CT molecular complexity index is 1040. The van der Waals surface area contributed by atoms with E-state index in [0.717, 1.165) is 11.1 Å². The van der Waals surface area contributed by atoms with Gasteiger partial charge in [0.2, 0.25) is 10.0 Å². The molecule has 2 heterocycles. The van der Waals surface area contributed by atoms with E-state index in [-0.39, 0.29) is 36.8 Å². The molecule has 0 bridgehead atoms. The maximum Gasteiger partial charge on any atom is 0.410 e. The number of hydrogen-bond donors (Lipinski definition) is 0. The summed E-state index contributed by atoms with van der Waals surface area (Å²) in [7, 11) is -3.85. The van der Waals surface area contributed by atoms with E-state index in [1.165, 1.54) is 21.6 Å². The average molecular weight is 478 g/mol. The van der Waals surface area contributed by atoms with Gasteiger partial charge < -0.3 is 14.4 Å². The fourth-order valence-corrected chi connectivity index (χ4v) is 4.82. The van der Waals surface area contributed by atoms with Crippen LogP contribution in [0.15, 0.2) is 41.6 Å². The minimum Gasteiger partial charge on any atom is -0.456 e. The molecular formula is C24H35N3O5S.